The minimum absolute atomic E-state index is 0.0508. The zero-order chi connectivity index (χ0) is 22.7. The van der Waals surface area contributed by atoms with Crippen LogP contribution in [0.3, 0.4) is 0 Å². The molecule has 11 nitrogen and oxygen atoms in total. The van der Waals surface area contributed by atoms with E-state index in [0.29, 0.717) is 5.69 Å². The number of benzene rings is 2. The van der Waals surface area contributed by atoms with Crippen LogP contribution < -0.4 is 22.2 Å². The zero-order valence-corrected chi connectivity index (χ0v) is 16.4. The molecule has 12 heteroatoms. The Labute approximate surface area is 178 Å². The summed E-state index contributed by atoms with van der Waals surface area (Å²) in [5.74, 6) is -1.19. The van der Waals surface area contributed by atoms with E-state index in [4.69, 9.17) is 10.5 Å². The van der Waals surface area contributed by atoms with Crippen molar-refractivity contribution >= 4 is 34.3 Å². The lowest BCUT2D eigenvalue weighted by molar-refractivity contribution is -0.146. The predicted octanol–water partition coefficient (Wildman–Crippen LogP) is 1.08. The van der Waals surface area contributed by atoms with Crippen molar-refractivity contribution in [2.45, 2.75) is 13.2 Å². The van der Waals surface area contributed by atoms with E-state index in [0.717, 1.165) is 4.68 Å². The number of carbonyl (C=O) groups is 1. The van der Waals surface area contributed by atoms with Gasteiger partial charge in [0.15, 0.2) is 12.4 Å². The van der Waals surface area contributed by atoms with E-state index in [1.54, 1.807) is 12.1 Å². The van der Waals surface area contributed by atoms with Crippen LogP contribution in [-0.2, 0) is 22.7 Å². The molecule has 0 bridgehead atoms. The molecule has 0 radical (unpaired) electrons. The molecular weight excluding hydrogens is 421 g/mol. The Morgan fingerprint density at radius 1 is 1.06 bits per heavy atom. The van der Waals surface area contributed by atoms with Crippen molar-refractivity contribution in [2.75, 3.05) is 11.1 Å². The fourth-order valence-electron chi connectivity index (χ4n) is 2.90. The van der Waals surface area contributed by atoms with Crippen LogP contribution in [0.25, 0.3) is 10.8 Å². The summed E-state index contributed by atoms with van der Waals surface area (Å²) >= 11 is 0. The van der Waals surface area contributed by atoms with Crippen LogP contribution in [0.1, 0.15) is 5.82 Å². The van der Waals surface area contributed by atoms with E-state index in [1.807, 2.05) is 0 Å². The number of hydrogen-bond donors (Lipinski definition) is 3. The van der Waals surface area contributed by atoms with Crippen molar-refractivity contribution in [1.29, 1.82) is 0 Å². The molecule has 162 valence electrons. The summed E-state index contributed by atoms with van der Waals surface area (Å²) in [5, 5.41) is 5.59. The van der Waals surface area contributed by atoms with E-state index in [1.165, 1.54) is 36.4 Å². The zero-order valence-electron chi connectivity index (χ0n) is 16.4. The van der Waals surface area contributed by atoms with Gasteiger partial charge in [0.2, 0.25) is 11.9 Å². The first-order chi connectivity index (χ1) is 15.4. The number of hydrogen-bond acceptors (Lipinski definition) is 9. The Kier molecular flexibility index (Phi) is 5.57. The average molecular weight is 437 g/mol. The van der Waals surface area contributed by atoms with Crippen LogP contribution in [0.15, 0.2) is 58.1 Å². The van der Waals surface area contributed by atoms with Gasteiger partial charge in [-0.2, -0.15) is 15.0 Å². The second-order valence-electron chi connectivity index (χ2n) is 6.60. The summed E-state index contributed by atoms with van der Waals surface area (Å²) in [6.07, 6.45) is 0. The Balaban J connectivity index is 1.45. The molecule has 0 saturated heterocycles. The van der Waals surface area contributed by atoms with Gasteiger partial charge in [0, 0.05) is 5.69 Å². The SMILES string of the molecule is Nc1nc(COC(=O)Cn2[nH]c(=O)c3ccccc3c2=O)nc(Nc2ccc(F)cc2)n1. The molecule has 0 atom stereocenters. The van der Waals surface area contributed by atoms with Gasteiger partial charge < -0.3 is 15.8 Å². The quantitative estimate of drug-likeness (QED) is 0.375. The van der Waals surface area contributed by atoms with Gasteiger partial charge in [-0.15, -0.1) is 0 Å². The van der Waals surface area contributed by atoms with Gasteiger partial charge in [-0.1, -0.05) is 12.1 Å². The van der Waals surface area contributed by atoms with Crippen molar-refractivity contribution in [1.82, 2.24) is 24.7 Å². The number of H-pyrrole nitrogens is 1. The second kappa shape index (κ2) is 8.63. The molecule has 0 spiro atoms. The lowest BCUT2D eigenvalue weighted by Crippen LogP contribution is -2.32. The van der Waals surface area contributed by atoms with Crippen LogP contribution in [0.2, 0.25) is 0 Å². The second-order valence-corrected chi connectivity index (χ2v) is 6.60. The number of carbonyl (C=O) groups excluding carboxylic acids is 1. The van der Waals surface area contributed by atoms with Crippen molar-refractivity contribution in [3.8, 4) is 0 Å². The number of rotatable bonds is 6. The van der Waals surface area contributed by atoms with E-state index in [2.05, 4.69) is 25.4 Å². The van der Waals surface area contributed by atoms with Gasteiger partial charge >= 0.3 is 5.97 Å². The molecule has 4 N–H and O–H groups in total. The lowest BCUT2D eigenvalue weighted by Gasteiger charge is -2.09. The van der Waals surface area contributed by atoms with E-state index in [-0.39, 0.29) is 35.1 Å². The predicted molar refractivity (Wildman–Crippen MR) is 113 cm³/mol. The van der Waals surface area contributed by atoms with Gasteiger partial charge in [0.25, 0.3) is 11.1 Å². The molecule has 4 rings (SSSR count). The number of fused-ring (bicyclic) bond motifs is 1. The Hall–Kier alpha value is -4.61. The minimum Gasteiger partial charge on any atom is -0.456 e. The molecule has 0 unspecified atom stereocenters. The van der Waals surface area contributed by atoms with Gasteiger partial charge in [-0.25, -0.2) is 9.07 Å². The van der Waals surface area contributed by atoms with Crippen LogP contribution in [-0.4, -0.2) is 30.7 Å². The summed E-state index contributed by atoms with van der Waals surface area (Å²) in [6, 6.07) is 11.8. The van der Waals surface area contributed by atoms with Crippen molar-refractivity contribution in [2.24, 2.45) is 0 Å². The maximum atomic E-state index is 13.0. The molecule has 0 aliphatic rings. The molecule has 0 fully saturated rings. The number of esters is 1. The highest BCUT2D eigenvalue weighted by Gasteiger charge is 2.13. The van der Waals surface area contributed by atoms with E-state index in [9.17, 15) is 18.8 Å². The number of ether oxygens (including phenoxy) is 1. The Bertz CT molecular complexity index is 1420. The molecule has 2 aromatic carbocycles. The van der Waals surface area contributed by atoms with Crippen LogP contribution in [0.5, 0.6) is 0 Å². The van der Waals surface area contributed by atoms with Gasteiger partial charge in [-0.3, -0.25) is 19.5 Å². The fourth-order valence-corrected chi connectivity index (χ4v) is 2.90. The van der Waals surface area contributed by atoms with Crippen LogP contribution in [0.4, 0.5) is 22.0 Å². The number of nitrogens with zero attached hydrogens (tertiary/aromatic N) is 4. The third-order valence-corrected chi connectivity index (χ3v) is 4.33. The maximum absolute atomic E-state index is 13.0. The highest BCUT2D eigenvalue weighted by Crippen LogP contribution is 2.14. The Morgan fingerprint density at radius 2 is 1.78 bits per heavy atom. The first-order valence-electron chi connectivity index (χ1n) is 9.29. The first-order valence-corrected chi connectivity index (χ1v) is 9.29. The number of nitrogens with one attached hydrogen (secondary N) is 2. The van der Waals surface area contributed by atoms with Crippen LogP contribution in [0, 0.1) is 5.82 Å². The fraction of sp³-hybridized carbons (Fsp3) is 0.100. The summed E-state index contributed by atoms with van der Waals surface area (Å²) in [6.45, 7) is -0.865. The van der Waals surface area contributed by atoms with Crippen molar-refractivity contribution < 1.29 is 13.9 Å². The number of nitrogens with two attached hydrogens (primary N) is 1. The molecule has 32 heavy (non-hydrogen) atoms. The molecular formula is C20H16FN7O4. The third-order valence-electron chi connectivity index (χ3n) is 4.33. The molecule has 2 aromatic heterocycles. The molecule has 0 aliphatic heterocycles. The summed E-state index contributed by atoms with van der Waals surface area (Å²) in [7, 11) is 0. The smallest absolute Gasteiger partial charge is 0.328 e. The highest BCUT2D eigenvalue weighted by atomic mass is 19.1. The average Bonchev–Trinajstić information content (AvgIpc) is 2.77. The van der Waals surface area contributed by atoms with Gasteiger partial charge in [0.05, 0.1) is 10.8 Å². The largest absolute Gasteiger partial charge is 0.456 e. The lowest BCUT2D eigenvalue weighted by atomic mass is 10.2. The van der Waals surface area contributed by atoms with Crippen molar-refractivity contribution in [3.05, 3.63) is 80.9 Å². The van der Waals surface area contributed by atoms with Crippen LogP contribution >= 0.6 is 0 Å². The topological polar surface area (TPSA) is 158 Å². The van der Waals surface area contributed by atoms with E-state index < -0.39 is 29.4 Å². The summed E-state index contributed by atoms with van der Waals surface area (Å²) < 4.78 is 19.0. The first kappa shape index (κ1) is 20.7. The number of nitrogen functional groups attached to an aromatic ring is 1. The normalized spacial score (nSPS) is 10.8. The molecule has 0 amide bonds. The van der Waals surface area contributed by atoms with Gasteiger partial charge in [-0.05, 0) is 36.4 Å². The molecule has 0 saturated carbocycles. The van der Waals surface area contributed by atoms with Crippen molar-refractivity contribution in [3.63, 3.8) is 0 Å². The third kappa shape index (κ3) is 4.59. The Morgan fingerprint density at radius 3 is 2.53 bits per heavy atom. The number of aromatic amines is 1. The molecule has 0 aliphatic carbocycles. The molecule has 4 aromatic rings. The number of anilines is 3. The van der Waals surface area contributed by atoms with E-state index >= 15 is 0 Å². The number of aromatic nitrogens is 5. The summed E-state index contributed by atoms with van der Waals surface area (Å²) in [4.78, 5) is 48.7. The number of halogens is 1. The summed E-state index contributed by atoms with van der Waals surface area (Å²) in [5.41, 5.74) is 5.14. The monoisotopic (exact) mass is 437 g/mol. The molecule has 2 heterocycles. The minimum atomic E-state index is -0.801. The highest BCUT2D eigenvalue weighted by molar-refractivity contribution is 5.80. The maximum Gasteiger partial charge on any atom is 0.328 e. The van der Waals surface area contributed by atoms with Gasteiger partial charge in [0.1, 0.15) is 12.4 Å². The standard InChI is InChI=1S/C20H16FN7O4/c21-11-5-7-12(8-6-11)23-20-25-15(24-19(22)26-20)10-32-16(29)9-28-18(31)14-4-2-1-3-13(14)17(30)27-28/h1-8H,9-10H2,(H,27,30)(H3,22,23,24,25,26).